The van der Waals surface area contributed by atoms with Gasteiger partial charge in [-0.3, -0.25) is 4.79 Å². The second kappa shape index (κ2) is 5.41. The molecule has 3 N–H and O–H groups in total. The highest BCUT2D eigenvalue weighted by molar-refractivity contribution is 6.05. The van der Waals surface area contributed by atoms with Crippen LogP contribution >= 0.6 is 0 Å². The molecule has 126 valence electrons. The van der Waals surface area contributed by atoms with Crippen LogP contribution in [0.25, 0.3) is 0 Å². The first kappa shape index (κ1) is 16.1. The first-order valence-corrected chi connectivity index (χ1v) is 6.80. The molecule has 0 saturated heterocycles. The van der Waals surface area contributed by atoms with Gasteiger partial charge < -0.3 is 20.1 Å². The molecule has 0 fully saturated rings. The lowest BCUT2D eigenvalue weighted by Crippen LogP contribution is -2.36. The van der Waals surface area contributed by atoms with Gasteiger partial charge in [-0.25, -0.2) is 0 Å². The number of phenolic OH excluding ortho intramolecular Hbond substituents is 2. The van der Waals surface area contributed by atoms with E-state index in [-0.39, 0.29) is 22.6 Å². The number of phenols is 2. The zero-order valence-corrected chi connectivity index (χ0v) is 11.9. The Bertz CT molecular complexity index is 799. The van der Waals surface area contributed by atoms with Crippen molar-refractivity contribution in [3.63, 3.8) is 0 Å². The Balaban J connectivity index is 1.99. The van der Waals surface area contributed by atoms with Crippen LogP contribution in [0.5, 0.6) is 17.2 Å². The van der Waals surface area contributed by atoms with Crippen LogP contribution in [0.2, 0.25) is 0 Å². The number of carbonyl (C=O) groups is 1. The number of hydrogen-bond donors (Lipinski definition) is 3. The number of aromatic hydroxyl groups is 2. The minimum atomic E-state index is -4.51. The van der Waals surface area contributed by atoms with Crippen molar-refractivity contribution in [3.8, 4) is 17.2 Å². The lowest BCUT2D eigenvalue weighted by molar-refractivity contribution is -0.137. The van der Waals surface area contributed by atoms with Gasteiger partial charge in [-0.2, -0.15) is 13.2 Å². The maximum absolute atomic E-state index is 12.6. The van der Waals surface area contributed by atoms with Crippen molar-refractivity contribution in [3.05, 3.63) is 53.1 Å². The Morgan fingerprint density at radius 1 is 1.04 bits per heavy atom. The lowest BCUT2D eigenvalue weighted by Gasteiger charge is -2.30. The van der Waals surface area contributed by atoms with Gasteiger partial charge in [-0.15, -0.1) is 0 Å². The highest BCUT2D eigenvalue weighted by Gasteiger charge is 2.39. The van der Waals surface area contributed by atoms with Gasteiger partial charge >= 0.3 is 6.18 Å². The van der Waals surface area contributed by atoms with Crippen molar-refractivity contribution in [1.82, 2.24) is 0 Å². The zero-order valence-electron chi connectivity index (χ0n) is 11.9. The van der Waals surface area contributed by atoms with E-state index in [9.17, 15) is 33.3 Å². The first-order chi connectivity index (χ1) is 11.2. The topological polar surface area (TPSA) is 87.0 Å². The van der Waals surface area contributed by atoms with Crippen LogP contribution in [-0.4, -0.2) is 27.2 Å². The molecule has 2 atom stereocenters. The largest absolute Gasteiger partial charge is 0.508 e. The third-order valence-electron chi connectivity index (χ3n) is 3.69. The van der Waals surface area contributed by atoms with E-state index in [1.807, 2.05) is 0 Å². The number of carbonyl (C=O) groups excluding carboxylic acids is 1. The fourth-order valence-electron chi connectivity index (χ4n) is 2.53. The molecule has 1 heterocycles. The summed E-state index contributed by atoms with van der Waals surface area (Å²) < 4.78 is 43.2. The molecule has 0 saturated carbocycles. The number of rotatable bonds is 1. The molecule has 1 aliphatic rings. The molecule has 0 bridgehead atoms. The van der Waals surface area contributed by atoms with Gasteiger partial charge in [0.25, 0.3) is 0 Å². The molecule has 1 aliphatic heterocycles. The van der Waals surface area contributed by atoms with Crippen LogP contribution < -0.4 is 4.74 Å². The molecular formula is C16H11F3O5. The highest BCUT2D eigenvalue weighted by Crippen LogP contribution is 2.42. The minimum Gasteiger partial charge on any atom is -0.508 e. The molecule has 0 aliphatic carbocycles. The Kier molecular flexibility index (Phi) is 3.64. The van der Waals surface area contributed by atoms with Crippen molar-refractivity contribution >= 4 is 5.78 Å². The van der Waals surface area contributed by atoms with Crippen molar-refractivity contribution in [1.29, 1.82) is 0 Å². The number of aliphatic hydroxyl groups is 1. The Morgan fingerprint density at radius 2 is 1.67 bits per heavy atom. The third-order valence-corrected chi connectivity index (χ3v) is 3.69. The molecule has 2 aromatic rings. The summed E-state index contributed by atoms with van der Waals surface area (Å²) in [5, 5.41) is 29.3. The summed E-state index contributed by atoms with van der Waals surface area (Å²) in [5.74, 6) is -1.92. The number of ketones is 1. The van der Waals surface area contributed by atoms with E-state index in [2.05, 4.69) is 0 Å². The molecule has 24 heavy (non-hydrogen) atoms. The molecule has 0 aromatic heterocycles. The maximum Gasteiger partial charge on any atom is 0.416 e. The molecule has 3 rings (SSSR count). The number of hydrogen-bond acceptors (Lipinski definition) is 5. The summed E-state index contributed by atoms with van der Waals surface area (Å²) in [6.07, 6.45) is -7.47. The molecule has 5 nitrogen and oxygen atoms in total. The molecule has 8 heteroatoms. The van der Waals surface area contributed by atoms with Gasteiger partial charge in [0.05, 0.1) is 5.56 Å². The third kappa shape index (κ3) is 2.65. The van der Waals surface area contributed by atoms with Gasteiger partial charge in [-0.1, -0.05) is 12.1 Å². The summed E-state index contributed by atoms with van der Waals surface area (Å²) in [7, 11) is 0. The van der Waals surface area contributed by atoms with E-state index in [1.54, 1.807) is 0 Å². The quantitative estimate of drug-likeness (QED) is 0.743. The fourth-order valence-corrected chi connectivity index (χ4v) is 2.53. The summed E-state index contributed by atoms with van der Waals surface area (Å²) in [4.78, 5) is 12.2. The van der Waals surface area contributed by atoms with Crippen LogP contribution in [0.4, 0.5) is 13.2 Å². The number of aliphatic hydroxyl groups excluding tert-OH is 1. The van der Waals surface area contributed by atoms with Crippen LogP contribution in [0.15, 0.2) is 36.4 Å². The molecule has 0 spiro atoms. The number of halogens is 3. The van der Waals surface area contributed by atoms with E-state index >= 15 is 0 Å². The summed E-state index contributed by atoms with van der Waals surface area (Å²) in [5.41, 5.74) is -1.01. The summed E-state index contributed by atoms with van der Waals surface area (Å²) >= 11 is 0. The predicted molar refractivity (Wildman–Crippen MR) is 74.9 cm³/mol. The van der Waals surface area contributed by atoms with Crippen molar-refractivity contribution in [2.24, 2.45) is 0 Å². The van der Waals surface area contributed by atoms with E-state index in [0.29, 0.717) is 0 Å². The fraction of sp³-hybridized carbons (Fsp3) is 0.188. The van der Waals surface area contributed by atoms with Gasteiger partial charge in [0.15, 0.2) is 12.2 Å². The average Bonchev–Trinajstić information content (AvgIpc) is 2.49. The van der Waals surface area contributed by atoms with Gasteiger partial charge in [0, 0.05) is 12.1 Å². The van der Waals surface area contributed by atoms with E-state index < -0.39 is 35.5 Å². The molecule has 2 aromatic carbocycles. The van der Waals surface area contributed by atoms with Crippen LogP contribution in [0.3, 0.4) is 0 Å². The van der Waals surface area contributed by atoms with E-state index in [4.69, 9.17) is 4.74 Å². The Morgan fingerprint density at radius 3 is 2.25 bits per heavy atom. The summed E-state index contributed by atoms with van der Waals surface area (Å²) in [6, 6.07) is 5.81. The van der Waals surface area contributed by atoms with E-state index in [1.165, 1.54) is 0 Å². The number of fused-ring (bicyclic) bond motifs is 1. The molecule has 0 radical (unpaired) electrons. The molecule has 2 unspecified atom stereocenters. The smallest absolute Gasteiger partial charge is 0.416 e. The van der Waals surface area contributed by atoms with Crippen molar-refractivity contribution in [2.75, 3.05) is 0 Å². The van der Waals surface area contributed by atoms with E-state index in [0.717, 1.165) is 36.4 Å². The lowest BCUT2D eigenvalue weighted by atomic mass is 9.92. The zero-order chi connectivity index (χ0) is 17.6. The van der Waals surface area contributed by atoms with Gasteiger partial charge in [-0.05, 0) is 17.7 Å². The highest BCUT2D eigenvalue weighted by atomic mass is 19.4. The summed E-state index contributed by atoms with van der Waals surface area (Å²) in [6.45, 7) is 0. The number of benzene rings is 2. The number of alkyl halides is 3. The maximum atomic E-state index is 12.6. The second-order valence-corrected chi connectivity index (χ2v) is 5.31. The normalized spacial score (nSPS) is 20.4. The van der Waals surface area contributed by atoms with Gasteiger partial charge in [0.2, 0.25) is 5.78 Å². The molecular weight excluding hydrogens is 329 g/mol. The van der Waals surface area contributed by atoms with Crippen molar-refractivity contribution < 1.29 is 38.0 Å². The SMILES string of the molecule is O=C1c2c(O)cc(O)cc2OC(c2ccc(C(F)(F)F)cc2)C1O. The molecule has 0 amide bonds. The average molecular weight is 340 g/mol. The van der Waals surface area contributed by atoms with Crippen LogP contribution in [0.1, 0.15) is 27.6 Å². The standard InChI is InChI=1S/C16H11F3O5/c17-16(18,19)8-3-1-7(2-4-8)15-14(23)13(22)12-10(21)5-9(20)6-11(12)24-15/h1-6,14-15,20-21,23H. The number of Topliss-reactive ketones (excluding diaryl/α,β-unsaturated/α-hetero) is 1. The predicted octanol–water partition coefficient (Wildman–Crippen LogP) is 2.79. The Labute approximate surface area is 133 Å². The van der Waals surface area contributed by atoms with Crippen molar-refractivity contribution in [2.45, 2.75) is 18.4 Å². The van der Waals surface area contributed by atoms with Crippen LogP contribution in [0, 0.1) is 0 Å². The monoisotopic (exact) mass is 340 g/mol. The second-order valence-electron chi connectivity index (χ2n) is 5.31. The number of ether oxygens (including phenoxy) is 1. The van der Waals surface area contributed by atoms with Crippen LogP contribution in [-0.2, 0) is 6.18 Å². The first-order valence-electron chi connectivity index (χ1n) is 6.80. The minimum absolute atomic E-state index is 0.150. The van der Waals surface area contributed by atoms with Gasteiger partial charge in [0.1, 0.15) is 22.8 Å². The Hall–Kier alpha value is -2.74.